The predicted molar refractivity (Wildman–Crippen MR) is 114 cm³/mol. The molecule has 0 aliphatic rings. The van der Waals surface area contributed by atoms with Gasteiger partial charge in [-0.25, -0.2) is 4.39 Å². The van der Waals surface area contributed by atoms with Crippen molar-refractivity contribution in [2.24, 2.45) is 0 Å². The fraction of sp³-hybridized carbons (Fsp3) is 0.316. The van der Waals surface area contributed by atoms with E-state index in [1.54, 1.807) is 11.3 Å². The Labute approximate surface area is 176 Å². The molecule has 5 nitrogen and oxygen atoms in total. The van der Waals surface area contributed by atoms with E-state index in [0.29, 0.717) is 17.4 Å². The Kier molecular flexibility index (Phi) is 7.09. The molecule has 0 atom stereocenters. The second kappa shape index (κ2) is 9.54. The second-order valence-electron chi connectivity index (χ2n) is 6.07. The van der Waals surface area contributed by atoms with Crippen LogP contribution in [0, 0.1) is 5.82 Å². The van der Waals surface area contributed by atoms with Gasteiger partial charge in [-0.2, -0.15) is 0 Å². The normalized spacial score (nSPS) is 11.0. The highest BCUT2D eigenvalue weighted by Crippen LogP contribution is 2.28. The number of thioether (sulfide) groups is 1. The maximum atomic E-state index is 13.2. The Morgan fingerprint density at radius 3 is 2.86 bits per heavy atom. The summed E-state index contributed by atoms with van der Waals surface area (Å²) in [5, 5.41) is 14.0. The molecule has 148 valence electrons. The van der Waals surface area contributed by atoms with Gasteiger partial charge < -0.3 is 9.88 Å². The fourth-order valence-electron chi connectivity index (χ4n) is 2.67. The van der Waals surface area contributed by atoms with Crippen LogP contribution in [-0.4, -0.2) is 26.4 Å². The zero-order chi connectivity index (χ0) is 20.1. The number of nitrogens with zero attached hydrogens (tertiary/aromatic N) is 3. The molecule has 2 aromatic heterocycles. The second-order valence-corrected chi connectivity index (χ2v) is 8.41. The van der Waals surface area contributed by atoms with E-state index >= 15 is 0 Å². The van der Waals surface area contributed by atoms with Crippen LogP contribution in [-0.2, 0) is 17.8 Å². The average Bonchev–Trinajstić information content (AvgIpc) is 3.29. The van der Waals surface area contributed by atoms with Crippen molar-refractivity contribution in [3.8, 4) is 11.4 Å². The number of anilines is 1. The van der Waals surface area contributed by atoms with E-state index in [-0.39, 0.29) is 16.7 Å². The molecule has 0 bridgehead atoms. The van der Waals surface area contributed by atoms with Crippen LogP contribution >= 0.6 is 34.7 Å². The number of carbonyl (C=O) groups excluding carboxylic acids is 1. The largest absolute Gasteiger partial charge is 0.325 e. The maximum absolute atomic E-state index is 13.2. The van der Waals surface area contributed by atoms with Gasteiger partial charge in [0.15, 0.2) is 11.0 Å². The lowest BCUT2D eigenvalue weighted by Gasteiger charge is -2.07. The number of amides is 1. The SMILES string of the molecule is CCCc1cc(-c2nnc(SCC(=O)Nc3ccc(F)c(Cl)c3)n2CC)cs1. The number of aryl methyl sites for hydroxylation is 1. The molecule has 0 aliphatic heterocycles. The number of thiophene rings is 1. The average molecular weight is 439 g/mol. The zero-order valence-electron chi connectivity index (χ0n) is 15.5. The van der Waals surface area contributed by atoms with Crippen LogP contribution in [0.1, 0.15) is 25.1 Å². The molecular weight excluding hydrogens is 419 g/mol. The maximum Gasteiger partial charge on any atom is 0.234 e. The van der Waals surface area contributed by atoms with Crippen molar-refractivity contribution >= 4 is 46.3 Å². The minimum atomic E-state index is -0.520. The minimum Gasteiger partial charge on any atom is -0.325 e. The standard InChI is InChI=1S/C19H20ClFN4OS2/c1-3-5-14-8-12(10-27-14)18-23-24-19(25(18)4-2)28-11-17(26)22-13-6-7-16(21)15(20)9-13/h6-10H,3-5,11H2,1-2H3,(H,22,26). The van der Waals surface area contributed by atoms with Gasteiger partial charge in [0, 0.05) is 28.1 Å². The molecule has 0 saturated heterocycles. The molecule has 1 amide bonds. The Bertz CT molecular complexity index is 973. The van der Waals surface area contributed by atoms with Gasteiger partial charge in [-0.1, -0.05) is 36.7 Å². The summed E-state index contributed by atoms with van der Waals surface area (Å²) in [4.78, 5) is 13.5. The zero-order valence-corrected chi connectivity index (χ0v) is 17.9. The molecule has 0 aliphatic carbocycles. The Balaban J connectivity index is 1.66. The minimum absolute atomic E-state index is 0.0287. The summed E-state index contributed by atoms with van der Waals surface area (Å²) in [6.07, 6.45) is 2.16. The molecule has 0 fully saturated rings. The van der Waals surface area contributed by atoms with E-state index in [2.05, 4.69) is 33.9 Å². The third-order valence-corrected chi connectivity index (χ3v) is 6.23. The van der Waals surface area contributed by atoms with Crippen molar-refractivity contribution in [3.63, 3.8) is 0 Å². The fourth-order valence-corrected chi connectivity index (χ4v) is 4.62. The Morgan fingerprint density at radius 2 is 2.14 bits per heavy atom. The smallest absolute Gasteiger partial charge is 0.234 e. The molecular formula is C19H20ClFN4OS2. The van der Waals surface area contributed by atoms with E-state index in [1.165, 1.54) is 34.8 Å². The summed E-state index contributed by atoms with van der Waals surface area (Å²) in [5.74, 6) is 0.237. The number of hydrogen-bond acceptors (Lipinski definition) is 5. The molecule has 9 heteroatoms. The van der Waals surface area contributed by atoms with Crippen LogP contribution in [0.3, 0.4) is 0 Å². The van der Waals surface area contributed by atoms with Gasteiger partial charge in [-0.15, -0.1) is 21.5 Å². The van der Waals surface area contributed by atoms with Crippen LogP contribution < -0.4 is 5.32 Å². The van der Waals surface area contributed by atoms with Crippen LogP contribution in [0.25, 0.3) is 11.4 Å². The first-order valence-electron chi connectivity index (χ1n) is 8.90. The lowest BCUT2D eigenvalue weighted by atomic mass is 10.2. The van der Waals surface area contributed by atoms with Gasteiger partial charge in [0.2, 0.25) is 5.91 Å². The van der Waals surface area contributed by atoms with Crippen molar-refractivity contribution in [3.05, 3.63) is 45.4 Å². The van der Waals surface area contributed by atoms with E-state index in [9.17, 15) is 9.18 Å². The first kappa shape index (κ1) is 20.8. The van der Waals surface area contributed by atoms with Gasteiger partial charge in [0.25, 0.3) is 0 Å². The number of nitrogens with one attached hydrogen (secondary N) is 1. The summed E-state index contributed by atoms with van der Waals surface area (Å²) in [7, 11) is 0. The Hall–Kier alpha value is -1.90. The van der Waals surface area contributed by atoms with Crippen molar-refractivity contribution in [2.45, 2.75) is 38.4 Å². The van der Waals surface area contributed by atoms with Crippen molar-refractivity contribution in [1.82, 2.24) is 14.8 Å². The van der Waals surface area contributed by atoms with E-state index in [0.717, 1.165) is 24.2 Å². The van der Waals surface area contributed by atoms with E-state index in [1.807, 2.05) is 11.5 Å². The number of halogens is 2. The summed E-state index contributed by atoms with van der Waals surface area (Å²) in [5.41, 5.74) is 1.51. The molecule has 3 rings (SSSR count). The molecule has 2 heterocycles. The number of carbonyl (C=O) groups is 1. The highest BCUT2D eigenvalue weighted by Gasteiger charge is 2.16. The third-order valence-electron chi connectivity index (χ3n) is 3.98. The first-order chi connectivity index (χ1) is 13.5. The van der Waals surface area contributed by atoms with Gasteiger partial charge in [0.05, 0.1) is 10.8 Å². The van der Waals surface area contributed by atoms with E-state index < -0.39 is 5.82 Å². The topological polar surface area (TPSA) is 59.8 Å². The Morgan fingerprint density at radius 1 is 1.32 bits per heavy atom. The molecule has 1 N–H and O–H groups in total. The number of rotatable bonds is 8. The van der Waals surface area contributed by atoms with Crippen molar-refractivity contribution in [2.75, 3.05) is 11.1 Å². The molecule has 0 unspecified atom stereocenters. The number of benzene rings is 1. The van der Waals surface area contributed by atoms with Crippen LogP contribution in [0.5, 0.6) is 0 Å². The van der Waals surface area contributed by atoms with E-state index in [4.69, 9.17) is 11.6 Å². The molecule has 0 saturated carbocycles. The molecule has 3 aromatic rings. The highest BCUT2D eigenvalue weighted by atomic mass is 35.5. The molecule has 28 heavy (non-hydrogen) atoms. The summed E-state index contributed by atoms with van der Waals surface area (Å²) >= 11 is 8.78. The number of hydrogen-bond donors (Lipinski definition) is 1. The van der Waals surface area contributed by atoms with Crippen LogP contribution in [0.15, 0.2) is 34.8 Å². The summed E-state index contributed by atoms with van der Waals surface area (Å²) < 4.78 is 15.2. The predicted octanol–water partition coefficient (Wildman–Crippen LogP) is 5.50. The lowest BCUT2D eigenvalue weighted by molar-refractivity contribution is -0.113. The highest BCUT2D eigenvalue weighted by molar-refractivity contribution is 7.99. The van der Waals surface area contributed by atoms with Gasteiger partial charge in [-0.3, -0.25) is 4.79 Å². The quantitative estimate of drug-likeness (QED) is 0.471. The van der Waals surface area contributed by atoms with Gasteiger partial charge in [-0.05, 0) is 37.6 Å². The van der Waals surface area contributed by atoms with Crippen LogP contribution in [0.4, 0.5) is 10.1 Å². The van der Waals surface area contributed by atoms with Crippen LogP contribution in [0.2, 0.25) is 5.02 Å². The monoisotopic (exact) mass is 438 g/mol. The lowest BCUT2D eigenvalue weighted by Crippen LogP contribution is -2.14. The molecule has 1 aromatic carbocycles. The molecule has 0 spiro atoms. The summed E-state index contributed by atoms with van der Waals surface area (Å²) in [6, 6.07) is 6.24. The third kappa shape index (κ3) is 4.92. The van der Waals surface area contributed by atoms with Gasteiger partial charge in [0.1, 0.15) is 5.82 Å². The first-order valence-corrected chi connectivity index (χ1v) is 11.1. The molecule has 0 radical (unpaired) electrons. The van der Waals surface area contributed by atoms with Crippen molar-refractivity contribution in [1.29, 1.82) is 0 Å². The summed E-state index contributed by atoms with van der Waals surface area (Å²) in [6.45, 7) is 4.89. The van der Waals surface area contributed by atoms with Crippen molar-refractivity contribution < 1.29 is 9.18 Å². The van der Waals surface area contributed by atoms with Gasteiger partial charge >= 0.3 is 0 Å². The number of aromatic nitrogens is 3.